The molecule has 2 aromatic carbocycles. The number of thioether (sulfide) groups is 1. The predicted molar refractivity (Wildman–Crippen MR) is 121 cm³/mol. The van der Waals surface area contributed by atoms with Gasteiger partial charge in [0.25, 0.3) is 0 Å². The first-order valence-electron chi connectivity index (χ1n) is 10.5. The molecule has 1 aliphatic heterocycles. The van der Waals surface area contributed by atoms with Gasteiger partial charge >= 0.3 is 0 Å². The van der Waals surface area contributed by atoms with Crippen molar-refractivity contribution in [3.63, 3.8) is 0 Å². The highest BCUT2D eigenvalue weighted by Gasteiger charge is 2.20. The summed E-state index contributed by atoms with van der Waals surface area (Å²) < 4.78 is 13.6. The van der Waals surface area contributed by atoms with Crippen LogP contribution in [0.5, 0.6) is 11.5 Å². The summed E-state index contributed by atoms with van der Waals surface area (Å²) >= 11 is 1.40. The van der Waals surface area contributed by atoms with Crippen LogP contribution in [-0.2, 0) is 4.79 Å². The molecule has 0 spiro atoms. The lowest BCUT2D eigenvalue weighted by Gasteiger charge is -2.18. The minimum absolute atomic E-state index is 0.0924. The second kappa shape index (κ2) is 9.87. The van der Waals surface area contributed by atoms with E-state index in [4.69, 9.17) is 9.47 Å². The SMILES string of the molecule is CCN(CC)C(=O)CSc1nnc(-c2ccc3c(c2)OCCCO3)n1-c1ccccc1. The number of hydrogen-bond acceptors (Lipinski definition) is 6. The quantitative estimate of drug-likeness (QED) is 0.518. The summed E-state index contributed by atoms with van der Waals surface area (Å²) in [5.41, 5.74) is 1.81. The first-order chi connectivity index (χ1) is 15.2. The Kier molecular flexibility index (Phi) is 6.76. The molecule has 0 saturated heterocycles. The molecule has 7 nitrogen and oxygen atoms in total. The molecule has 1 amide bonds. The van der Waals surface area contributed by atoms with Gasteiger partial charge in [0, 0.05) is 30.8 Å². The maximum absolute atomic E-state index is 12.5. The lowest BCUT2D eigenvalue weighted by Crippen LogP contribution is -2.31. The molecule has 2 heterocycles. The summed E-state index contributed by atoms with van der Waals surface area (Å²) in [7, 11) is 0. The number of para-hydroxylation sites is 1. The molecule has 0 bridgehead atoms. The fourth-order valence-corrected chi connectivity index (χ4v) is 4.31. The van der Waals surface area contributed by atoms with Crippen LogP contribution in [0.1, 0.15) is 20.3 Å². The lowest BCUT2D eigenvalue weighted by atomic mass is 10.2. The molecule has 0 radical (unpaired) electrons. The summed E-state index contributed by atoms with van der Waals surface area (Å²) in [6, 6.07) is 15.8. The van der Waals surface area contributed by atoms with Crippen molar-refractivity contribution < 1.29 is 14.3 Å². The molecule has 0 N–H and O–H groups in total. The third kappa shape index (κ3) is 4.69. The number of hydrogen-bond donors (Lipinski definition) is 0. The summed E-state index contributed by atoms with van der Waals surface area (Å²) in [4.78, 5) is 14.3. The monoisotopic (exact) mass is 438 g/mol. The van der Waals surface area contributed by atoms with Crippen LogP contribution in [0.3, 0.4) is 0 Å². The van der Waals surface area contributed by atoms with E-state index in [-0.39, 0.29) is 5.91 Å². The van der Waals surface area contributed by atoms with Gasteiger partial charge in [-0.05, 0) is 44.2 Å². The molecule has 0 fully saturated rings. The van der Waals surface area contributed by atoms with E-state index in [0.29, 0.717) is 48.8 Å². The second-order valence-electron chi connectivity index (χ2n) is 7.04. The van der Waals surface area contributed by atoms with Crippen molar-refractivity contribution in [2.45, 2.75) is 25.4 Å². The molecule has 1 aromatic heterocycles. The first kappa shape index (κ1) is 21.2. The molecule has 4 rings (SSSR count). The van der Waals surface area contributed by atoms with Crippen molar-refractivity contribution in [3.8, 4) is 28.6 Å². The van der Waals surface area contributed by atoms with E-state index >= 15 is 0 Å². The molecule has 162 valence electrons. The molecule has 0 atom stereocenters. The van der Waals surface area contributed by atoms with Crippen molar-refractivity contribution in [1.29, 1.82) is 0 Å². The molecule has 1 aliphatic rings. The number of carbonyl (C=O) groups is 1. The summed E-state index contributed by atoms with van der Waals surface area (Å²) in [6.07, 6.45) is 0.853. The largest absolute Gasteiger partial charge is 0.490 e. The molecule has 0 unspecified atom stereocenters. The number of amides is 1. The number of aromatic nitrogens is 3. The Morgan fingerprint density at radius 3 is 2.52 bits per heavy atom. The second-order valence-corrected chi connectivity index (χ2v) is 7.99. The van der Waals surface area contributed by atoms with Crippen LogP contribution in [0, 0.1) is 0 Å². The van der Waals surface area contributed by atoms with E-state index in [1.165, 1.54) is 11.8 Å². The standard InChI is InChI=1S/C23H26N4O3S/c1-3-26(4-2)21(28)16-31-23-25-24-22(27(23)18-9-6-5-7-10-18)17-11-12-19-20(15-17)30-14-8-13-29-19/h5-7,9-12,15H,3-4,8,13-14,16H2,1-2H3. The van der Waals surface area contributed by atoms with Crippen LogP contribution < -0.4 is 9.47 Å². The van der Waals surface area contributed by atoms with Crippen LogP contribution in [0.15, 0.2) is 53.7 Å². The Morgan fingerprint density at radius 1 is 1.03 bits per heavy atom. The average Bonchev–Trinajstić information content (AvgIpc) is 3.09. The van der Waals surface area contributed by atoms with Gasteiger partial charge in [-0.25, -0.2) is 0 Å². The van der Waals surface area contributed by atoms with Crippen molar-refractivity contribution in [1.82, 2.24) is 19.7 Å². The van der Waals surface area contributed by atoms with Gasteiger partial charge in [-0.15, -0.1) is 10.2 Å². The Bertz CT molecular complexity index is 1030. The molecule has 3 aromatic rings. The van der Waals surface area contributed by atoms with Crippen LogP contribution >= 0.6 is 11.8 Å². The Hall–Kier alpha value is -3.00. The Morgan fingerprint density at radius 2 is 1.77 bits per heavy atom. The fraction of sp³-hybridized carbons (Fsp3) is 0.348. The van der Waals surface area contributed by atoms with Crippen LogP contribution in [0.25, 0.3) is 17.1 Å². The van der Waals surface area contributed by atoms with E-state index in [1.54, 1.807) is 0 Å². The summed E-state index contributed by atoms with van der Waals surface area (Å²) in [5.74, 6) is 2.55. The van der Waals surface area contributed by atoms with Crippen LogP contribution in [0.4, 0.5) is 0 Å². The zero-order valence-corrected chi connectivity index (χ0v) is 18.6. The Balaban J connectivity index is 1.69. The van der Waals surface area contributed by atoms with Crippen molar-refractivity contribution in [2.75, 3.05) is 32.1 Å². The highest BCUT2D eigenvalue weighted by Crippen LogP contribution is 2.35. The van der Waals surface area contributed by atoms with E-state index in [9.17, 15) is 4.79 Å². The topological polar surface area (TPSA) is 69.5 Å². The highest BCUT2D eigenvalue weighted by atomic mass is 32.2. The van der Waals surface area contributed by atoms with E-state index in [0.717, 1.165) is 23.4 Å². The van der Waals surface area contributed by atoms with Crippen molar-refractivity contribution in [2.24, 2.45) is 0 Å². The maximum atomic E-state index is 12.5. The van der Waals surface area contributed by atoms with Crippen LogP contribution in [-0.4, -0.2) is 57.6 Å². The molecule has 31 heavy (non-hydrogen) atoms. The Labute approximate surface area is 186 Å². The van der Waals surface area contributed by atoms with Crippen molar-refractivity contribution in [3.05, 3.63) is 48.5 Å². The predicted octanol–water partition coefficient (Wildman–Crippen LogP) is 4.06. The number of carbonyl (C=O) groups excluding carboxylic acids is 1. The molecule has 0 saturated carbocycles. The van der Waals surface area contributed by atoms with Gasteiger partial charge in [0.1, 0.15) is 0 Å². The van der Waals surface area contributed by atoms with Gasteiger partial charge < -0.3 is 14.4 Å². The van der Waals surface area contributed by atoms with Crippen molar-refractivity contribution >= 4 is 17.7 Å². The van der Waals surface area contributed by atoms with Gasteiger partial charge in [-0.2, -0.15) is 0 Å². The fourth-order valence-electron chi connectivity index (χ4n) is 3.46. The zero-order chi connectivity index (χ0) is 21.6. The maximum Gasteiger partial charge on any atom is 0.233 e. The van der Waals surface area contributed by atoms with Gasteiger partial charge in [-0.1, -0.05) is 30.0 Å². The van der Waals surface area contributed by atoms with E-state index in [1.807, 2.05) is 71.8 Å². The average molecular weight is 439 g/mol. The number of rotatable bonds is 7. The summed E-state index contributed by atoms with van der Waals surface area (Å²) in [5, 5.41) is 9.56. The molecular formula is C23H26N4O3S. The number of nitrogens with zero attached hydrogens (tertiary/aromatic N) is 4. The van der Waals surface area contributed by atoms with Crippen LogP contribution in [0.2, 0.25) is 0 Å². The zero-order valence-electron chi connectivity index (χ0n) is 17.8. The molecular weight excluding hydrogens is 412 g/mol. The van der Waals surface area contributed by atoms with Gasteiger partial charge in [-0.3, -0.25) is 9.36 Å². The molecule has 8 heteroatoms. The third-order valence-electron chi connectivity index (χ3n) is 5.09. The van der Waals surface area contributed by atoms with E-state index in [2.05, 4.69) is 10.2 Å². The third-order valence-corrected chi connectivity index (χ3v) is 6.01. The minimum atomic E-state index is 0.0924. The van der Waals surface area contributed by atoms with E-state index < -0.39 is 0 Å². The lowest BCUT2D eigenvalue weighted by molar-refractivity contribution is -0.127. The normalized spacial score (nSPS) is 13.0. The summed E-state index contributed by atoms with van der Waals surface area (Å²) in [6.45, 7) is 6.64. The molecule has 0 aliphatic carbocycles. The highest BCUT2D eigenvalue weighted by molar-refractivity contribution is 7.99. The number of benzene rings is 2. The minimum Gasteiger partial charge on any atom is -0.490 e. The number of ether oxygens (including phenoxy) is 2. The smallest absolute Gasteiger partial charge is 0.233 e. The van der Waals surface area contributed by atoms with Gasteiger partial charge in [0.15, 0.2) is 22.5 Å². The van der Waals surface area contributed by atoms with Gasteiger partial charge in [0.05, 0.1) is 19.0 Å². The first-order valence-corrected chi connectivity index (χ1v) is 11.5. The van der Waals surface area contributed by atoms with Gasteiger partial charge in [0.2, 0.25) is 5.91 Å². The number of fused-ring (bicyclic) bond motifs is 1.